The number of carbonyl (C=O) groups excluding carboxylic acids is 1. The van der Waals surface area contributed by atoms with Crippen LogP contribution in [0.1, 0.15) is 40.3 Å². The summed E-state index contributed by atoms with van der Waals surface area (Å²) in [6, 6.07) is 7.95. The van der Waals surface area contributed by atoms with E-state index in [4.69, 9.17) is 9.26 Å². The second-order valence-corrected chi connectivity index (χ2v) is 7.28. The predicted molar refractivity (Wildman–Crippen MR) is 110 cm³/mol. The summed E-state index contributed by atoms with van der Waals surface area (Å²) in [5.74, 6) is 0.180. The number of hydrogen-bond donors (Lipinski definition) is 1. The minimum atomic E-state index is -0.309. The number of amides is 1. The number of carbonyl (C=O) groups is 1. The summed E-state index contributed by atoms with van der Waals surface area (Å²) in [6.45, 7) is 3.14. The molecule has 1 saturated heterocycles. The average molecular weight is 410 g/mol. The topological polar surface area (TPSA) is 82.2 Å². The van der Waals surface area contributed by atoms with Gasteiger partial charge in [-0.3, -0.25) is 9.48 Å². The lowest BCUT2D eigenvalue weighted by atomic mass is 10.1. The summed E-state index contributed by atoms with van der Waals surface area (Å²) in [7, 11) is 1.74. The number of hydrogen-bond acceptors (Lipinski definition) is 5. The lowest BCUT2D eigenvalue weighted by molar-refractivity contribution is 0.0692. The highest BCUT2D eigenvalue weighted by Gasteiger charge is 2.19. The molecular weight excluding hydrogens is 387 g/mol. The Balaban J connectivity index is 1.53. The van der Waals surface area contributed by atoms with E-state index in [-0.39, 0.29) is 17.8 Å². The van der Waals surface area contributed by atoms with Crippen LogP contribution in [0.15, 0.2) is 34.9 Å². The van der Waals surface area contributed by atoms with Crippen molar-refractivity contribution in [2.24, 2.45) is 7.05 Å². The first kappa shape index (κ1) is 20.0. The molecule has 1 aliphatic heterocycles. The lowest BCUT2D eigenvalue weighted by Crippen LogP contribution is -2.39. The Morgan fingerprint density at radius 2 is 1.97 bits per heavy atom. The van der Waals surface area contributed by atoms with Crippen molar-refractivity contribution in [3.05, 3.63) is 58.9 Å². The molecule has 8 heteroatoms. The molecule has 156 valence electrons. The van der Waals surface area contributed by atoms with Gasteiger partial charge in [-0.1, -0.05) is 5.16 Å². The van der Waals surface area contributed by atoms with Crippen molar-refractivity contribution in [1.82, 2.24) is 20.3 Å². The maximum Gasteiger partial charge on any atom is 0.269 e. The van der Waals surface area contributed by atoms with Gasteiger partial charge in [0.2, 0.25) is 0 Å². The van der Waals surface area contributed by atoms with Gasteiger partial charge in [0.05, 0.1) is 5.69 Å². The fourth-order valence-corrected chi connectivity index (χ4v) is 3.44. The van der Waals surface area contributed by atoms with Crippen molar-refractivity contribution < 1.29 is 18.4 Å². The fraction of sp³-hybridized carbons (Fsp3) is 0.318. The monoisotopic (exact) mass is 410 g/mol. The van der Waals surface area contributed by atoms with Gasteiger partial charge in [-0.05, 0) is 62.2 Å². The van der Waals surface area contributed by atoms with Gasteiger partial charge in [-0.25, -0.2) is 4.39 Å². The zero-order valence-electron chi connectivity index (χ0n) is 16.9. The van der Waals surface area contributed by atoms with Gasteiger partial charge in [0.1, 0.15) is 23.0 Å². The van der Waals surface area contributed by atoms with Crippen molar-refractivity contribution in [3.8, 4) is 11.3 Å². The number of ether oxygens (including phenoxy) is 1. The average Bonchev–Trinajstić information content (AvgIpc) is 3.30. The number of aromatic nitrogens is 3. The molecule has 0 bridgehead atoms. The second kappa shape index (κ2) is 8.62. The summed E-state index contributed by atoms with van der Waals surface area (Å²) in [4.78, 5) is 12.6. The van der Waals surface area contributed by atoms with Crippen LogP contribution in [0.5, 0.6) is 0 Å². The summed E-state index contributed by atoms with van der Waals surface area (Å²) < 4.78 is 25.4. The standard InChI is InChI=1S/C22H23FN4O3/c1-14-19(21(26-30-14)15-3-5-16(23)6-4-15)8-7-18-13-20(27(2)25-18)22(28)24-17-9-11-29-12-10-17/h3-8,13,17H,9-12H2,1-2H3,(H,24,28). The molecule has 1 aliphatic rings. The number of benzene rings is 1. The first-order valence-corrected chi connectivity index (χ1v) is 9.84. The van der Waals surface area contributed by atoms with E-state index < -0.39 is 0 Å². The number of nitrogens with one attached hydrogen (secondary N) is 1. The number of nitrogens with zero attached hydrogens (tertiary/aromatic N) is 3. The Kier molecular flexibility index (Phi) is 5.76. The van der Waals surface area contributed by atoms with Crippen molar-refractivity contribution >= 4 is 18.1 Å². The third kappa shape index (κ3) is 4.33. The number of halogens is 1. The minimum Gasteiger partial charge on any atom is -0.381 e. The molecule has 1 aromatic carbocycles. The van der Waals surface area contributed by atoms with Crippen molar-refractivity contribution in [2.75, 3.05) is 13.2 Å². The van der Waals surface area contributed by atoms with Crippen LogP contribution in [-0.2, 0) is 11.8 Å². The van der Waals surface area contributed by atoms with Crippen LogP contribution < -0.4 is 5.32 Å². The minimum absolute atomic E-state index is 0.123. The summed E-state index contributed by atoms with van der Waals surface area (Å²) in [6.07, 6.45) is 5.27. The van der Waals surface area contributed by atoms with Crippen LogP contribution in [0, 0.1) is 12.7 Å². The summed E-state index contributed by atoms with van der Waals surface area (Å²) in [5.41, 5.74) is 3.28. The Labute approximate surface area is 173 Å². The van der Waals surface area contributed by atoms with Crippen molar-refractivity contribution in [3.63, 3.8) is 0 Å². The van der Waals surface area contributed by atoms with Gasteiger partial charge in [-0.2, -0.15) is 5.10 Å². The smallest absolute Gasteiger partial charge is 0.269 e. The van der Waals surface area contributed by atoms with Crippen LogP contribution in [0.3, 0.4) is 0 Å². The number of rotatable bonds is 5. The van der Waals surface area contributed by atoms with Gasteiger partial charge in [0.25, 0.3) is 5.91 Å². The zero-order valence-corrected chi connectivity index (χ0v) is 16.9. The van der Waals surface area contributed by atoms with E-state index in [0.29, 0.717) is 36.1 Å². The molecule has 0 aliphatic carbocycles. The molecule has 1 amide bonds. The van der Waals surface area contributed by atoms with E-state index in [1.54, 1.807) is 36.0 Å². The molecule has 1 N–H and O–H groups in total. The molecule has 0 spiro atoms. The first-order valence-electron chi connectivity index (χ1n) is 9.84. The van der Waals surface area contributed by atoms with E-state index >= 15 is 0 Å². The molecule has 30 heavy (non-hydrogen) atoms. The molecule has 0 saturated carbocycles. The normalized spacial score (nSPS) is 15.0. The van der Waals surface area contributed by atoms with Gasteiger partial charge in [0, 0.05) is 37.4 Å². The fourth-order valence-electron chi connectivity index (χ4n) is 3.44. The van der Waals surface area contributed by atoms with Crippen LogP contribution in [0.25, 0.3) is 23.4 Å². The van der Waals surface area contributed by atoms with E-state index in [9.17, 15) is 9.18 Å². The SMILES string of the molecule is Cc1onc(-c2ccc(F)cc2)c1C=Cc1cc(C(=O)NC2CCOCC2)n(C)n1. The lowest BCUT2D eigenvalue weighted by Gasteiger charge is -2.22. The van der Waals surface area contributed by atoms with E-state index in [1.165, 1.54) is 12.1 Å². The molecule has 3 heterocycles. The summed E-state index contributed by atoms with van der Waals surface area (Å²) >= 11 is 0. The van der Waals surface area contributed by atoms with Crippen molar-refractivity contribution in [2.45, 2.75) is 25.8 Å². The Bertz CT molecular complexity index is 1060. The maximum atomic E-state index is 13.2. The van der Waals surface area contributed by atoms with E-state index in [0.717, 1.165) is 24.0 Å². The number of aryl methyl sites for hydroxylation is 2. The molecule has 4 rings (SSSR count). The molecule has 0 unspecified atom stereocenters. The molecule has 2 aromatic heterocycles. The van der Waals surface area contributed by atoms with Gasteiger partial charge in [0.15, 0.2) is 0 Å². The van der Waals surface area contributed by atoms with Crippen LogP contribution >= 0.6 is 0 Å². The third-order valence-electron chi connectivity index (χ3n) is 5.13. The van der Waals surface area contributed by atoms with E-state index in [2.05, 4.69) is 15.6 Å². The maximum absolute atomic E-state index is 13.2. The Morgan fingerprint density at radius 1 is 1.23 bits per heavy atom. The van der Waals surface area contributed by atoms with Crippen molar-refractivity contribution in [1.29, 1.82) is 0 Å². The van der Waals surface area contributed by atoms with Gasteiger partial charge >= 0.3 is 0 Å². The Hall–Kier alpha value is -3.26. The van der Waals surface area contributed by atoms with Crippen LogP contribution in [0.4, 0.5) is 4.39 Å². The van der Waals surface area contributed by atoms with Gasteiger partial charge in [-0.15, -0.1) is 0 Å². The molecule has 0 atom stereocenters. The highest BCUT2D eigenvalue weighted by molar-refractivity contribution is 5.93. The molecular formula is C22H23FN4O3. The Morgan fingerprint density at radius 3 is 2.70 bits per heavy atom. The van der Waals surface area contributed by atoms with Crippen LogP contribution in [0.2, 0.25) is 0 Å². The molecule has 7 nitrogen and oxygen atoms in total. The molecule has 0 radical (unpaired) electrons. The third-order valence-corrected chi connectivity index (χ3v) is 5.13. The highest BCUT2D eigenvalue weighted by atomic mass is 19.1. The first-order chi connectivity index (χ1) is 14.5. The highest BCUT2D eigenvalue weighted by Crippen LogP contribution is 2.27. The summed E-state index contributed by atoms with van der Waals surface area (Å²) in [5, 5.41) is 11.6. The second-order valence-electron chi connectivity index (χ2n) is 7.28. The molecule has 3 aromatic rings. The predicted octanol–water partition coefficient (Wildman–Crippen LogP) is 3.60. The van der Waals surface area contributed by atoms with E-state index in [1.807, 2.05) is 13.0 Å². The van der Waals surface area contributed by atoms with Gasteiger partial charge < -0.3 is 14.6 Å². The van der Waals surface area contributed by atoms with Crippen LogP contribution in [-0.4, -0.2) is 40.1 Å². The quantitative estimate of drug-likeness (QED) is 0.695. The largest absolute Gasteiger partial charge is 0.381 e. The zero-order chi connectivity index (χ0) is 21.1. The molecule has 1 fully saturated rings.